The summed E-state index contributed by atoms with van der Waals surface area (Å²) in [5.74, 6) is 0.786. The van der Waals surface area contributed by atoms with Gasteiger partial charge in [-0.05, 0) is 5.92 Å². The lowest BCUT2D eigenvalue weighted by molar-refractivity contribution is 0.417. The van der Waals surface area contributed by atoms with Crippen LogP contribution in [0, 0.1) is 12.8 Å². The average Bonchev–Trinajstić information content (AvgIpc) is 1.69. The first kappa shape index (κ1) is 5.14. The highest BCUT2D eigenvalue weighted by atomic mass is 14.1. The summed E-state index contributed by atoms with van der Waals surface area (Å²) in [6.45, 7) is 4.00. The normalized spacial score (nSPS) is 25.3. The van der Waals surface area contributed by atoms with Gasteiger partial charge in [-0.1, -0.05) is 39.0 Å². The van der Waals surface area contributed by atoms with E-state index in [1.807, 2.05) is 0 Å². The van der Waals surface area contributed by atoms with Gasteiger partial charge in [-0.15, -0.1) is 0 Å². The summed E-state index contributed by atoms with van der Waals surface area (Å²) >= 11 is 0. The molecule has 0 aromatic heterocycles. The molecule has 0 atom stereocenters. The predicted molar refractivity (Wildman–Crippen MR) is 31.9 cm³/mol. The summed E-state index contributed by atoms with van der Waals surface area (Å²) < 4.78 is 0. The van der Waals surface area contributed by atoms with Gasteiger partial charge in [0.1, 0.15) is 0 Å². The van der Waals surface area contributed by atoms with Crippen LogP contribution < -0.4 is 0 Å². The highest BCUT2D eigenvalue weighted by Gasteiger charge is 2.06. The minimum absolute atomic E-state index is 0.786. The van der Waals surface area contributed by atoms with Crippen LogP contribution in [0.3, 0.4) is 0 Å². The molecule has 0 heteroatoms. The Bertz CT molecular complexity index is 42.0. The van der Waals surface area contributed by atoms with Crippen molar-refractivity contribution in [3.05, 3.63) is 6.92 Å². The third-order valence-corrected chi connectivity index (χ3v) is 1.72. The zero-order chi connectivity index (χ0) is 5.11. The Morgan fingerprint density at radius 2 is 1.57 bits per heavy atom. The van der Waals surface area contributed by atoms with Crippen molar-refractivity contribution in [3.63, 3.8) is 0 Å². The molecule has 0 bridgehead atoms. The Morgan fingerprint density at radius 3 is 1.86 bits per heavy atom. The van der Waals surface area contributed by atoms with E-state index in [9.17, 15) is 0 Å². The molecule has 41 valence electrons. The van der Waals surface area contributed by atoms with Crippen molar-refractivity contribution in [1.82, 2.24) is 0 Å². The summed E-state index contributed by atoms with van der Waals surface area (Å²) in [6, 6.07) is 0. The van der Waals surface area contributed by atoms with Crippen LogP contribution in [0.5, 0.6) is 0 Å². The Morgan fingerprint density at radius 1 is 1.00 bits per heavy atom. The Labute approximate surface area is 45.9 Å². The van der Waals surface area contributed by atoms with E-state index in [-0.39, 0.29) is 0 Å². The summed E-state index contributed by atoms with van der Waals surface area (Å²) in [5, 5.41) is 0. The Kier molecular flexibility index (Phi) is 1.72. The molecule has 0 nitrogen and oxygen atoms in total. The zero-order valence-corrected chi connectivity index (χ0v) is 4.82. The van der Waals surface area contributed by atoms with Crippen LogP contribution in [0.2, 0.25) is 0 Å². The van der Waals surface area contributed by atoms with Crippen molar-refractivity contribution in [3.8, 4) is 0 Å². The van der Waals surface area contributed by atoms with Crippen molar-refractivity contribution in [2.75, 3.05) is 0 Å². The van der Waals surface area contributed by atoms with Gasteiger partial charge in [-0.3, -0.25) is 0 Å². The first-order valence-corrected chi connectivity index (χ1v) is 3.22. The van der Waals surface area contributed by atoms with Gasteiger partial charge in [0.2, 0.25) is 0 Å². The molecule has 1 saturated carbocycles. The van der Waals surface area contributed by atoms with Crippen molar-refractivity contribution < 1.29 is 0 Å². The van der Waals surface area contributed by atoms with Gasteiger partial charge in [-0.2, -0.15) is 0 Å². The number of rotatable bonds is 0. The second-order valence-corrected chi connectivity index (χ2v) is 2.50. The molecule has 1 radical (unpaired) electrons. The molecule has 7 heavy (non-hydrogen) atoms. The van der Waals surface area contributed by atoms with Crippen molar-refractivity contribution in [1.29, 1.82) is 0 Å². The van der Waals surface area contributed by atoms with Crippen LogP contribution in [0.25, 0.3) is 0 Å². The minimum Gasteiger partial charge on any atom is -0.0533 e. The van der Waals surface area contributed by atoms with Crippen LogP contribution in [-0.2, 0) is 0 Å². The largest absolute Gasteiger partial charge is 0.0533 e. The lowest BCUT2D eigenvalue weighted by Crippen LogP contribution is -2.00. The molecule has 1 aliphatic rings. The second-order valence-electron chi connectivity index (χ2n) is 2.50. The maximum absolute atomic E-state index is 4.00. The molecule has 0 heterocycles. The van der Waals surface area contributed by atoms with E-state index >= 15 is 0 Å². The zero-order valence-electron chi connectivity index (χ0n) is 4.82. The van der Waals surface area contributed by atoms with Gasteiger partial charge in [0.05, 0.1) is 0 Å². The third kappa shape index (κ3) is 1.50. The maximum Gasteiger partial charge on any atom is -0.0414 e. The second kappa shape index (κ2) is 2.34. The third-order valence-electron chi connectivity index (χ3n) is 1.72. The van der Waals surface area contributed by atoms with E-state index in [0.29, 0.717) is 0 Å². The van der Waals surface area contributed by atoms with Gasteiger partial charge < -0.3 is 0 Å². The quantitative estimate of drug-likeness (QED) is 0.435. The van der Waals surface area contributed by atoms with Crippen molar-refractivity contribution >= 4 is 0 Å². The summed E-state index contributed by atoms with van der Waals surface area (Å²) in [4.78, 5) is 0. The molecular weight excluding hydrogens is 84.1 g/mol. The summed E-state index contributed by atoms with van der Waals surface area (Å²) in [6.07, 6.45) is 7.05. The van der Waals surface area contributed by atoms with Gasteiger partial charge in [0, 0.05) is 0 Å². The fourth-order valence-electron chi connectivity index (χ4n) is 1.19. The molecule has 1 fully saturated rings. The summed E-state index contributed by atoms with van der Waals surface area (Å²) in [5.41, 5.74) is 0. The van der Waals surface area contributed by atoms with E-state index in [4.69, 9.17) is 0 Å². The highest BCUT2D eigenvalue weighted by molar-refractivity contribution is 4.65. The molecule has 0 N–H and O–H groups in total. The van der Waals surface area contributed by atoms with Crippen LogP contribution >= 0.6 is 0 Å². The van der Waals surface area contributed by atoms with E-state index in [0.717, 1.165) is 5.92 Å². The molecular formula is C7H13. The Hall–Kier alpha value is 0. The fraction of sp³-hybridized carbons (Fsp3) is 0.857. The smallest absolute Gasteiger partial charge is 0.0414 e. The Balaban J connectivity index is 2.12. The van der Waals surface area contributed by atoms with Gasteiger partial charge in [0.25, 0.3) is 0 Å². The van der Waals surface area contributed by atoms with Crippen LogP contribution in [0.1, 0.15) is 32.1 Å². The van der Waals surface area contributed by atoms with Gasteiger partial charge in [-0.25, -0.2) is 0 Å². The average molecular weight is 97.2 g/mol. The van der Waals surface area contributed by atoms with E-state index in [1.54, 1.807) is 0 Å². The minimum atomic E-state index is 0.786. The predicted octanol–water partition coefficient (Wildman–Crippen LogP) is 2.40. The van der Waals surface area contributed by atoms with E-state index in [1.165, 1.54) is 32.1 Å². The van der Waals surface area contributed by atoms with E-state index < -0.39 is 0 Å². The maximum atomic E-state index is 4.00. The highest BCUT2D eigenvalue weighted by Crippen LogP contribution is 2.21. The molecule has 1 rings (SSSR count). The lowest BCUT2D eigenvalue weighted by Gasteiger charge is -2.15. The summed E-state index contributed by atoms with van der Waals surface area (Å²) in [7, 11) is 0. The topological polar surface area (TPSA) is 0 Å². The van der Waals surface area contributed by atoms with Gasteiger partial charge >= 0.3 is 0 Å². The first-order chi connectivity index (χ1) is 3.39. The SMILES string of the molecule is [CH2]C1CCCCC1. The first-order valence-electron chi connectivity index (χ1n) is 3.22. The number of hydrogen-bond donors (Lipinski definition) is 0. The monoisotopic (exact) mass is 97.1 g/mol. The van der Waals surface area contributed by atoms with Crippen molar-refractivity contribution in [2.24, 2.45) is 5.92 Å². The molecule has 1 aliphatic carbocycles. The van der Waals surface area contributed by atoms with Crippen LogP contribution in [0.15, 0.2) is 0 Å². The van der Waals surface area contributed by atoms with Gasteiger partial charge in [0.15, 0.2) is 0 Å². The lowest BCUT2D eigenvalue weighted by atomic mass is 9.91. The molecule has 0 aliphatic heterocycles. The molecule has 0 amide bonds. The molecule has 0 unspecified atom stereocenters. The van der Waals surface area contributed by atoms with E-state index in [2.05, 4.69) is 6.92 Å². The molecule has 0 aromatic rings. The van der Waals surface area contributed by atoms with Crippen LogP contribution in [-0.4, -0.2) is 0 Å². The standard InChI is InChI=1S/C7H13/c1-7-5-3-2-4-6-7/h7H,1-6H2. The molecule has 0 spiro atoms. The van der Waals surface area contributed by atoms with Crippen molar-refractivity contribution in [2.45, 2.75) is 32.1 Å². The molecule has 0 saturated heterocycles. The fourth-order valence-corrected chi connectivity index (χ4v) is 1.19. The number of hydrogen-bond acceptors (Lipinski definition) is 0. The van der Waals surface area contributed by atoms with Crippen LogP contribution in [0.4, 0.5) is 0 Å². The molecule has 0 aromatic carbocycles.